The maximum Gasteiger partial charge on any atom is 0.223 e. The molecule has 0 radical (unpaired) electrons. The molecule has 1 amide bonds. The van der Waals surface area contributed by atoms with Gasteiger partial charge < -0.3 is 10.2 Å². The van der Waals surface area contributed by atoms with E-state index in [1.54, 1.807) is 0 Å². The third kappa shape index (κ3) is 5.23. The van der Waals surface area contributed by atoms with Gasteiger partial charge in [0, 0.05) is 34.7 Å². The van der Waals surface area contributed by atoms with Gasteiger partial charge in [0.2, 0.25) is 5.91 Å². The molecule has 0 spiro atoms. The molecule has 4 rings (SSSR count). The van der Waals surface area contributed by atoms with Crippen molar-refractivity contribution in [3.63, 3.8) is 0 Å². The molecule has 4 nitrogen and oxygen atoms in total. The Morgan fingerprint density at radius 1 is 0.903 bits per heavy atom. The molecule has 1 atom stereocenters. The molecule has 0 unspecified atom stereocenters. The van der Waals surface area contributed by atoms with Crippen molar-refractivity contribution < 1.29 is 9.59 Å². The van der Waals surface area contributed by atoms with Gasteiger partial charge in [0.1, 0.15) is 6.29 Å². The minimum atomic E-state index is -0.171. The van der Waals surface area contributed by atoms with Crippen LogP contribution in [0.1, 0.15) is 40.4 Å². The molecule has 31 heavy (non-hydrogen) atoms. The van der Waals surface area contributed by atoms with Crippen LogP contribution in [0.4, 0.5) is 5.69 Å². The van der Waals surface area contributed by atoms with Gasteiger partial charge in [-0.2, -0.15) is 0 Å². The Hall–Kier alpha value is -2.92. The highest BCUT2D eigenvalue weighted by atomic mass is 79.9. The van der Waals surface area contributed by atoms with E-state index in [-0.39, 0.29) is 17.9 Å². The van der Waals surface area contributed by atoms with Crippen LogP contribution in [0, 0.1) is 5.92 Å². The second-order valence-corrected chi connectivity index (χ2v) is 8.79. The fourth-order valence-corrected chi connectivity index (χ4v) is 4.35. The molecule has 0 bridgehead atoms. The maximum absolute atomic E-state index is 13.2. The summed E-state index contributed by atoms with van der Waals surface area (Å²) in [5.41, 5.74) is 3.92. The Morgan fingerprint density at radius 3 is 2.13 bits per heavy atom. The highest BCUT2D eigenvalue weighted by Crippen LogP contribution is 2.27. The van der Waals surface area contributed by atoms with Gasteiger partial charge in [-0.05, 0) is 60.4 Å². The first kappa shape index (κ1) is 21.3. The summed E-state index contributed by atoms with van der Waals surface area (Å²) in [6, 6.07) is 25.7. The van der Waals surface area contributed by atoms with Crippen LogP contribution in [0.25, 0.3) is 0 Å². The van der Waals surface area contributed by atoms with Crippen molar-refractivity contribution in [1.82, 2.24) is 5.32 Å². The predicted molar refractivity (Wildman–Crippen MR) is 127 cm³/mol. The first-order valence-electron chi connectivity index (χ1n) is 10.5. The van der Waals surface area contributed by atoms with Gasteiger partial charge in [0.05, 0.1) is 6.04 Å². The van der Waals surface area contributed by atoms with Crippen LogP contribution in [0.3, 0.4) is 0 Å². The summed E-state index contributed by atoms with van der Waals surface area (Å²) in [4.78, 5) is 26.3. The number of nitrogens with zero attached hydrogens (tertiary/aromatic N) is 1. The van der Waals surface area contributed by atoms with E-state index in [9.17, 15) is 9.59 Å². The summed E-state index contributed by atoms with van der Waals surface area (Å²) in [6.07, 6.45) is 2.47. The van der Waals surface area contributed by atoms with Crippen LogP contribution >= 0.6 is 15.9 Å². The summed E-state index contributed by atoms with van der Waals surface area (Å²) in [5, 5.41) is 3.30. The molecule has 5 heteroatoms. The largest absolute Gasteiger partial charge is 0.371 e. The Labute approximate surface area is 191 Å². The lowest BCUT2D eigenvalue weighted by Gasteiger charge is -2.34. The van der Waals surface area contributed by atoms with Crippen LogP contribution in [0.15, 0.2) is 83.3 Å². The number of hydrogen-bond acceptors (Lipinski definition) is 3. The maximum atomic E-state index is 13.2. The first-order valence-corrected chi connectivity index (χ1v) is 11.3. The van der Waals surface area contributed by atoms with Gasteiger partial charge >= 0.3 is 0 Å². The van der Waals surface area contributed by atoms with Crippen LogP contribution in [-0.4, -0.2) is 25.3 Å². The van der Waals surface area contributed by atoms with E-state index in [0.717, 1.165) is 53.5 Å². The predicted octanol–water partition coefficient (Wildman–Crippen LogP) is 5.38. The Bertz CT molecular complexity index is 1010. The van der Waals surface area contributed by atoms with Crippen molar-refractivity contribution >= 4 is 33.8 Å². The molecular weight excluding hydrogens is 452 g/mol. The Kier molecular flexibility index (Phi) is 6.82. The van der Waals surface area contributed by atoms with E-state index in [0.29, 0.717) is 5.56 Å². The van der Waals surface area contributed by atoms with Crippen LogP contribution in [0.5, 0.6) is 0 Å². The van der Waals surface area contributed by atoms with E-state index in [4.69, 9.17) is 0 Å². The molecule has 1 heterocycles. The number of carbonyl (C=O) groups excluding carboxylic acids is 2. The lowest BCUT2D eigenvalue weighted by molar-refractivity contribution is -0.126. The fraction of sp³-hybridized carbons (Fsp3) is 0.231. The zero-order valence-electron chi connectivity index (χ0n) is 17.2. The molecule has 3 aromatic rings. The number of halogens is 1. The van der Waals surface area contributed by atoms with E-state index >= 15 is 0 Å². The van der Waals surface area contributed by atoms with Crippen molar-refractivity contribution in [1.29, 1.82) is 0 Å². The van der Waals surface area contributed by atoms with Gasteiger partial charge in [0.25, 0.3) is 0 Å². The van der Waals surface area contributed by atoms with E-state index in [2.05, 4.69) is 38.3 Å². The average Bonchev–Trinajstić information content (AvgIpc) is 2.84. The third-order valence-electron chi connectivity index (χ3n) is 5.88. The first-order chi connectivity index (χ1) is 15.1. The number of benzene rings is 3. The van der Waals surface area contributed by atoms with E-state index in [1.807, 2.05) is 66.7 Å². The lowest BCUT2D eigenvalue weighted by Crippen LogP contribution is -2.41. The quantitative estimate of drug-likeness (QED) is 0.485. The molecule has 0 aliphatic carbocycles. The fourth-order valence-electron chi connectivity index (χ4n) is 4.08. The molecule has 1 N–H and O–H groups in total. The van der Waals surface area contributed by atoms with Crippen LogP contribution in [0.2, 0.25) is 0 Å². The molecule has 1 fully saturated rings. The number of aldehydes is 1. The van der Waals surface area contributed by atoms with Crippen molar-refractivity contribution in [3.05, 3.63) is 100 Å². The monoisotopic (exact) mass is 476 g/mol. The molecule has 1 aliphatic rings. The number of anilines is 1. The molecule has 1 aliphatic heterocycles. The van der Waals surface area contributed by atoms with Crippen LogP contribution < -0.4 is 10.2 Å². The molecule has 3 aromatic carbocycles. The standard InChI is InChI=1S/C26H25BrN2O2/c27-23-10-8-21(9-11-23)25(20-4-2-1-3-5-20)28-26(31)22-14-16-29(17-15-22)24-12-6-19(18-30)7-13-24/h1-13,18,22,25H,14-17H2,(H,28,31)/t25-/m0/s1. The zero-order chi connectivity index (χ0) is 21.6. The minimum absolute atomic E-state index is 0.00726. The minimum Gasteiger partial charge on any atom is -0.371 e. The summed E-state index contributed by atoms with van der Waals surface area (Å²) < 4.78 is 1.02. The number of hydrogen-bond donors (Lipinski definition) is 1. The number of amides is 1. The Balaban J connectivity index is 1.43. The van der Waals surface area contributed by atoms with E-state index in [1.165, 1.54) is 0 Å². The lowest BCUT2D eigenvalue weighted by atomic mass is 9.93. The van der Waals surface area contributed by atoms with Crippen molar-refractivity contribution in [2.24, 2.45) is 5.92 Å². The molecule has 1 saturated heterocycles. The van der Waals surface area contributed by atoms with E-state index < -0.39 is 0 Å². The molecule has 0 aromatic heterocycles. The Morgan fingerprint density at radius 2 is 1.52 bits per heavy atom. The number of nitrogens with one attached hydrogen (secondary N) is 1. The summed E-state index contributed by atoms with van der Waals surface area (Å²) in [7, 11) is 0. The second-order valence-electron chi connectivity index (χ2n) is 7.87. The van der Waals surface area contributed by atoms with Gasteiger partial charge in [-0.15, -0.1) is 0 Å². The second kappa shape index (κ2) is 9.92. The molecular formula is C26H25BrN2O2. The SMILES string of the molecule is O=Cc1ccc(N2CCC(C(=O)N[C@@H](c3ccccc3)c3ccc(Br)cc3)CC2)cc1. The molecule has 158 valence electrons. The van der Waals surface area contributed by atoms with Crippen LogP contribution in [-0.2, 0) is 4.79 Å². The zero-order valence-corrected chi connectivity index (χ0v) is 18.8. The van der Waals surface area contributed by atoms with Gasteiger partial charge in [-0.3, -0.25) is 9.59 Å². The van der Waals surface area contributed by atoms with Gasteiger partial charge in [-0.25, -0.2) is 0 Å². The number of carbonyl (C=O) groups is 2. The average molecular weight is 477 g/mol. The normalized spacial score (nSPS) is 15.3. The van der Waals surface area contributed by atoms with Crippen molar-refractivity contribution in [2.75, 3.05) is 18.0 Å². The van der Waals surface area contributed by atoms with Crippen molar-refractivity contribution in [3.8, 4) is 0 Å². The van der Waals surface area contributed by atoms with Crippen molar-refractivity contribution in [2.45, 2.75) is 18.9 Å². The third-order valence-corrected chi connectivity index (χ3v) is 6.41. The topological polar surface area (TPSA) is 49.4 Å². The number of piperidine rings is 1. The van der Waals surface area contributed by atoms with Gasteiger partial charge in [0.15, 0.2) is 0 Å². The summed E-state index contributed by atoms with van der Waals surface area (Å²) in [5.74, 6) is 0.0971. The van der Waals surface area contributed by atoms with Gasteiger partial charge in [-0.1, -0.05) is 58.4 Å². The molecule has 0 saturated carbocycles. The highest BCUT2D eigenvalue weighted by molar-refractivity contribution is 9.10. The summed E-state index contributed by atoms with van der Waals surface area (Å²) >= 11 is 3.49. The highest BCUT2D eigenvalue weighted by Gasteiger charge is 2.27. The number of rotatable bonds is 6. The smallest absolute Gasteiger partial charge is 0.223 e. The summed E-state index contributed by atoms with van der Waals surface area (Å²) in [6.45, 7) is 1.65.